The quantitative estimate of drug-likeness (QED) is 0.0770. The van der Waals surface area contributed by atoms with Crippen molar-refractivity contribution in [3.63, 3.8) is 0 Å². The van der Waals surface area contributed by atoms with Gasteiger partial charge in [-0.1, -0.05) is 26.3 Å². The van der Waals surface area contributed by atoms with Crippen LogP contribution >= 0.6 is 0 Å². The van der Waals surface area contributed by atoms with E-state index in [1.807, 2.05) is 6.58 Å². The van der Waals surface area contributed by atoms with Crippen LogP contribution < -0.4 is 0 Å². The monoisotopic (exact) mass is 1280 g/mol. The topological polar surface area (TPSA) is 164 Å². The minimum atomic E-state index is -6.66. The number of carboxylic acids is 3. The lowest BCUT2D eigenvalue weighted by atomic mass is 9.91. The molecule has 10 nitrogen and oxygen atoms in total. The number of ether oxygens (including phenoxy) is 2. The molecular formula is C36H27F35O10. The highest BCUT2D eigenvalue weighted by Crippen LogP contribution is 2.53. The maximum absolute atomic E-state index is 13.0. The van der Waals surface area contributed by atoms with Gasteiger partial charge >= 0.3 is 108 Å². The molecule has 0 aromatic heterocycles. The Labute approximate surface area is 423 Å². The predicted molar refractivity (Wildman–Crippen MR) is 191 cm³/mol. The number of esters is 2. The normalized spacial score (nSPS) is 14.9. The zero-order valence-corrected chi connectivity index (χ0v) is 38.4. The lowest BCUT2D eigenvalue weighted by Crippen LogP contribution is -2.61. The van der Waals surface area contributed by atoms with Gasteiger partial charge < -0.3 is 24.8 Å². The van der Waals surface area contributed by atoms with Crippen LogP contribution in [0.25, 0.3) is 0 Å². The van der Waals surface area contributed by atoms with Gasteiger partial charge in [-0.25, -0.2) is 50.3 Å². The standard InChI is InChI=1S/C8H6F8O2.C8H7F7O2.C7H4F8O2.C7H6F6O2.C6H4F6O2/c1-3(4(17)18)2-6(11,12)7(13,5(9)10)8(14,15)16;1-4(2)5(16)17-3-6(9,10)7(11,12)8(13,14)15;1-2(3(16)17)6(11,12)5(10,4(8)9)7(13,14)15;1-3(2)4(14)15-5(6(8,9)10)7(11,12)13;1-2(4(13)14)3(5(7,8)9)6(10,11)12/h2,5H,1H3,(H,17,18);1,3H2,2H3;4H,1H2,(H,16,17);5H,1H2,2H3;3H,1H2,(H,13,14). The van der Waals surface area contributed by atoms with Crippen molar-refractivity contribution in [3.8, 4) is 0 Å². The van der Waals surface area contributed by atoms with E-state index in [1.165, 1.54) is 0 Å². The van der Waals surface area contributed by atoms with Gasteiger partial charge in [0.1, 0.15) is 5.57 Å². The van der Waals surface area contributed by atoms with E-state index in [0.717, 1.165) is 13.8 Å². The Morgan fingerprint density at radius 3 is 0.975 bits per heavy atom. The molecule has 0 aliphatic rings. The number of carbonyl (C=O) groups is 5. The summed E-state index contributed by atoms with van der Waals surface area (Å²) in [7, 11) is 0. The zero-order chi connectivity index (χ0) is 67.4. The van der Waals surface area contributed by atoms with Gasteiger partial charge in [0.05, 0.1) is 5.57 Å². The summed E-state index contributed by atoms with van der Waals surface area (Å²) in [5, 5.41) is 24.1. The van der Waals surface area contributed by atoms with E-state index in [2.05, 4.69) is 29.2 Å². The van der Waals surface area contributed by atoms with Crippen molar-refractivity contribution in [1.82, 2.24) is 0 Å². The van der Waals surface area contributed by atoms with E-state index in [1.54, 1.807) is 0 Å². The molecule has 81 heavy (non-hydrogen) atoms. The number of rotatable bonds is 16. The molecule has 45 heteroatoms. The number of allylic oxidation sites excluding steroid dienone is 1. The van der Waals surface area contributed by atoms with Gasteiger partial charge in [-0.15, -0.1) is 0 Å². The van der Waals surface area contributed by atoms with Crippen LogP contribution in [0, 0.1) is 5.92 Å². The summed E-state index contributed by atoms with van der Waals surface area (Å²) in [6.45, 7) is 10.00. The molecule has 0 fully saturated rings. The van der Waals surface area contributed by atoms with E-state index < -0.39 is 174 Å². The Bertz CT molecular complexity index is 2210. The second kappa shape index (κ2) is 28.1. The van der Waals surface area contributed by atoms with Crippen LogP contribution in [0.2, 0.25) is 0 Å². The number of hydrogen-bond acceptors (Lipinski definition) is 7. The summed E-state index contributed by atoms with van der Waals surface area (Å²) in [5.74, 6) is -37.9. The minimum Gasteiger partial charge on any atom is -0.478 e. The second-order valence-corrected chi connectivity index (χ2v) is 14.3. The van der Waals surface area contributed by atoms with Crippen LogP contribution in [0.3, 0.4) is 0 Å². The third-order valence-corrected chi connectivity index (χ3v) is 7.73. The van der Waals surface area contributed by atoms with E-state index in [4.69, 9.17) is 15.3 Å². The number of alkyl halides is 35. The maximum Gasteiger partial charge on any atom is 0.460 e. The van der Waals surface area contributed by atoms with Crippen LogP contribution in [0.15, 0.2) is 60.3 Å². The molecule has 0 aromatic carbocycles. The van der Waals surface area contributed by atoms with E-state index in [9.17, 15) is 178 Å². The van der Waals surface area contributed by atoms with Gasteiger partial charge in [0.25, 0.3) is 19.0 Å². The molecule has 0 rings (SSSR count). The van der Waals surface area contributed by atoms with Crippen molar-refractivity contribution >= 4 is 29.8 Å². The molecule has 0 radical (unpaired) electrons. The molecule has 3 N–H and O–H groups in total. The molecular weight excluding hydrogens is 1260 g/mol. The number of aliphatic carboxylic acids is 3. The Morgan fingerprint density at radius 1 is 0.457 bits per heavy atom. The van der Waals surface area contributed by atoms with Crippen LogP contribution in [0.5, 0.6) is 0 Å². The van der Waals surface area contributed by atoms with E-state index in [0.29, 0.717) is 6.92 Å². The highest BCUT2D eigenvalue weighted by atomic mass is 19.5. The zero-order valence-electron chi connectivity index (χ0n) is 38.4. The van der Waals surface area contributed by atoms with Gasteiger partial charge in [-0.3, -0.25) is 0 Å². The van der Waals surface area contributed by atoms with Crippen LogP contribution in [-0.2, 0) is 33.4 Å². The number of carboxylic acid groups (broad SMARTS) is 3. The smallest absolute Gasteiger partial charge is 0.460 e. The van der Waals surface area contributed by atoms with Crippen LogP contribution in [0.4, 0.5) is 154 Å². The molecule has 0 saturated carbocycles. The van der Waals surface area contributed by atoms with Crippen LogP contribution in [-0.4, -0.2) is 149 Å². The van der Waals surface area contributed by atoms with Crippen molar-refractivity contribution in [1.29, 1.82) is 0 Å². The van der Waals surface area contributed by atoms with Crippen molar-refractivity contribution in [2.75, 3.05) is 6.61 Å². The third kappa shape index (κ3) is 22.8. The van der Waals surface area contributed by atoms with Gasteiger partial charge in [-0.05, 0) is 26.8 Å². The first-order valence-electron chi connectivity index (χ1n) is 18.2. The maximum atomic E-state index is 13.0. The molecule has 0 saturated heterocycles. The fourth-order valence-corrected chi connectivity index (χ4v) is 3.50. The van der Waals surface area contributed by atoms with Crippen molar-refractivity contribution < 1.29 is 202 Å². The summed E-state index contributed by atoms with van der Waals surface area (Å²) < 4.78 is 430. The molecule has 0 aliphatic carbocycles. The van der Waals surface area contributed by atoms with E-state index >= 15 is 0 Å². The summed E-state index contributed by atoms with van der Waals surface area (Å²) >= 11 is 0. The molecule has 0 amide bonds. The second-order valence-electron chi connectivity index (χ2n) is 14.3. The fraction of sp³-hybridized carbons (Fsp3) is 0.583. The first-order chi connectivity index (χ1) is 34.8. The van der Waals surface area contributed by atoms with Crippen LogP contribution in [0.1, 0.15) is 20.8 Å². The highest BCUT2D eigenvalue weighted by Gasteiger charge is 2.79. The Balaban J connectivity index is -0.000000298. The molecule has 0 heterocycles. The molecule has 0 aromatic rings. The number of carbonyl (C=O) groups excluding carboxylic acids is 2. The molecule has 2 unspecified atom stereocenters. The van der Waals surface area contributed by atoms with Gasteiger partial charge in [0, 0.05) is 16.7 Å². The molecule has 476 valence electrons. The summed E-state index contributed by atoms with van der Waals surface area (Å²) in [4.78, 5) is 51.2. The molecule has 2 atom stereocenters. The Morgan fingerprint density at radius 2 is 0.778 bits per heavy atom. The predicted octanol–water partition coefficient (Wildman–Crippen LogP) is 13.9. The number of halogens is 35. The average molecular weight is 1280 g/mol. The van der Waals surface area contributed by atoms with Gasteiger partial charge in [0.2, 0.25) is 0 Å². The summed E-state index contributed by atoms with van der Waals surface area (Å²) in [6.07, 6.45) is -57.8. The third-order valence-electron chi connectivity index (χ3n) is 7.73. The van der Waals surface area contributed by atoms with Crippen molar-refractivity contribution in [2.45, 2.75) is 118 Å². The highest BCUT2D eigenvalue weighted by molar-refractivity contribution is 5.89. The lowest BCUT2D eigenvalue weighted by molar-refractivity contribution is -0.359. The number of hydrogen-bond donors (Lipinski definition) is 3. The molecule has 0 bridgehead atoms. The summed E-state index contributed by atoms with van der Waals surface area (Å²) in [5.41, 5.74) is -19.4. The van der Waals surface area contributed by atoms with Gasteiger partial charge in [-0.2, -0.15) is 127 Å². The summed E-state index contributed by atoms with van der Waals surface area (Å²) in [6, 6.07) is 0. The first-order valence-corrected chi connectivity index (χ1v) is 18.2. The molecule has 0 spiro atoms. The fourth-order valence-electron chi connectivity index (χ4n) is 3.50. The first kappa shape index (κ1) is 83.4. The average Bonchev–Trinajstić information content (AvgIpc) is 3.20. The Hall–Kier alpha value is -6.40. The largest absolute Gasteiger partial charge is 0.478 e. The SMILES string of the molecule is C=C(C(=O)O)C(C(F)(F)F)C(F)(F)F.C=C(C(=O)O)C(F)(F)C(F)(C(F)F)C(F)(F)F.C=C(C)C(=O)OC(C(F)(F)F)C(F)(F)F.C=C(C)C(=O)OCC(F)(F)C(F)(F)C(F)(F)F.CC(=CC(F)(F)C(F)(C(F)F)C(F)(F)F)C(=O)O. The van der Waals surface area contributed by atoms with Crippen molar-refractivity contribution in [2.24, 2.45) is 5.92 Å². The molecule has 0 aliphatic heterocycles. The van der Waals surface area contributed by atoms with E-state index in [-0.39, 0.29) is 0 Å². The van der Waals surface area contributed by atoms with Crippen molar-refractivity contribution in [3.05, 3.63) is 60.3 Å². The minimum absolute atomic E-state index is 0.406. The van der Waals surface area contributed by atoms with Gasteiger partial charge in [0.15, 0.2) is 12.5 Å². The Kier molecular flexibility index (Phi) is 28.9. The lowest BCUT2D eigenvalue weighted by Gasteiger charge is -2.33.